The molecule has 0 rings (SSSR count). The molecule has 68 valence electrons. The molecule has 0 aliphatic carbocycles. The molecule has 0 aromatic rings. The third-order valence-electron chi connectivity index (χ3n) is 1.87. The van der Waals surface area contributed by atoms with E-state index < -0.39 is 0 Å². The van der Waals surface area contributed by atoms with Crippen molar-refractivity contribution in [2.45, 2.75) is 27.2 Å². The molecule has 0 aromatic carbocycles. The van der Waals surface area contributed by atoms with Crippen LogP contribution in [-0.4, -0.2) is 7.05 Å². The molecule has 0 amide bonds. The second-order valence-corrected chi connectivity index (χ2v) is 2.95. The topological polar surface area (TPSA) is 12.0 Å². The highest BCUT2D eigenvalue weighted by atomic mass is 14.8. The highest BCUT2D eigenvalue weighted by Crippen LogP contribution is 2.16. The monoisotopic (exact) mass is 165 g/mol. The van der Waals surface area contributed by atoms with E-state index in [0.717, 1.165) is 12.0 Å². The van der Waals surface area contributed by atoms with Crippen LogP contribution in [0.25, 0.3) is 0 Å². The van der Waals surface area contributed by atoms with E-state index in [1.165, 1.54) is 11.1 Å². The van der Waals surface area contributed by atoms with Crippen molar-refractivity contribution in [3.8, 4) is 0 Å². The van der Waals surface area contributed by atoms with Gasteiger partial charge < -0.3 is 5.32 Å². The van der Waals surface area contributed by atoms with Gasteiger partial charge in [-0.25, -0.2) is 0 Å². The lowest BCUT2D eigenvalue weighted by Crippen LogP contribution is -1.93. The Morgan fingerprint density at radius 3 is 2.33 bits per heavy atom. The molecule has 0 spiro atoms. The molecule has 0 unspecified atom stereocenters. The molecule has 0 fully saturated rings. The van der Waals surface area contributed by atoms with Crippen LogP contribution in [0.2, 0.25) is 0 Å². The lowest BCUT2D eigenvalue weighted by atomic mass is 10.0. The number of allylic oxidation sites excluding steroid dienone is 4. The number of hydrogen-bond acceptors (Lipinski definition) is 1. The Balaban J connectivity index is 4.66. The van der Waals surface area contributed by atoms with Crippen LogP contribution in [-0.2, 0) is 0 Å². The lowest BCUT2D eigenvalue weighted by Gasteiger charge is -2.05. The zero-order chi connectivity index (χ0) is 9.56. The van der Waals surface area contributed by atoms with Crippen LogP contribution in [0.4, 0.5) is 0 Å². The van der Waals surface area contributed by atoms with E-state index in [9.17, 15) is 0 Å². The second-order valence-electron chi connectivity index (χ2n) is 2.95. The van der Waals surface area contributed by atoms with Gasteiger partial charge in [0.1, 0.15) is 0 Å². The van der Waals surface area contributed by atoms with E-state index in [1.54, 1.807) is 0 Å². The van der Waals surface area contributed by atoms with Crippen LogP contribution in [0.5, 0.6) is 0 Å². The summed E-state index contributed by atoms with van der Waals surface area (Å²) in [7, 11) is 1.90. The highest BCUT2D eigenvalue weighted by molar-refractivity contribution is 5.39. The Bertz CT molecular complexity index is 209. The maximum absolute atomic E-state index is 3.94. The fourth-order valence-corrected chi connectivity index (χ4v) is 1.01. The van der Waals surface area contributed by atoms with Gasteiger partial charge >= 0.3 is 0 Å². The Hall–Kier alpha value is -0.980. The minimum atomic E-state index is 1.08. The van der Waals surface area contributed by atoms with Gasteiger partial charge in [-0.2, -0.15) is 0 Å². The minimum absolute atomic E-state index is 1.08. The molecular formula is C11H19N. The summed E-state index contributed by atoms with van der Waals surface area (Å²) in [4.78, 5) is 0. The molecule has 0 saturated heterocycles. The van der Waals surface area contributed by atoms with Gasteiger partial charge in [0.25, 0.3) is 0 Å². The molecule has 0 bridgehead atoms. The number of hydrogen-bond donors (Lipinski definition) is 1. The largest absolute Gasteiger partial charge is 0.394 e. The Kier molecular flexibility index (Phi) is 5.18. The van der Waals surface area contributed by atoms with Crippen LogP contribution in [0.15, 0.2) is 35.6 Å². The van der Waals surface area contributed by atoms with Crippen molar-refractivity contribution in [1.82, 2.24) is 5.32 Å². The molecule has 1 heteroatoms. The quantitative estimate of drug-likeness (QED) is 0.631. The first-order valence-corrected chi connectivity index (χ1v) is 4.32. The van der Waals surface area contributed by atoms with Gasteiger partial charge in [0.15, 0.2) is 0 Å². The summed E-state index contributed by atoms with van der Waals surface area (Å²) in [6.45, 7) is 10.3. The minimum Gasteiger partial charge on any atom is -0.394 e. The fourth-order valence-electron chi connectivity index (χ4n) is 1.01. The Morgan fingerprint density at radius 1 is 1.42 bits per heavy atom. The van der Waals surface area contributed by atoms with E-state index in [-0.39, 0.29) is 0 Å². The third kappa shape index (κ3) is 3.42. The average molecular weight is 165 g/mol. The van der Waals surface area contributed by atoms with Crippen molar-refractivity contribution in [1.29, 1.82) is 0 Å². The van der Waals surface area contributed by atoms with Crippen molar-refractivity contribution < 1.29 is 0 Å². The fraction of sp³-hybridized carbons (Fsp3) is 0.455. The van der Waals surface area contributed by atoms with E-state index in [0.29, 0.717) is 0 Å². The molecule has 0 saturated carbocycles. The summed E-state index contributed by atoms with van der Waals surface area (Å²) in [5, 5.41) is 2.98. The lowest BCUT2D eigenvalue weighted by molar-refractivity contribution is 1.06. The van der Waals surface area contributed by atoms with Crippen molar-refractivity contribution in [2.24, 2.45) is 0 Å². The summed E-state index contributed by atoms with van der Waals surface area (Å²) in [6, 6.07) is 0. The molecule has 1 N–H and O–H groups in total. The van der Waals surface area contributed by atoms with Gasteiger partial charge in [0.05, 0.1) is 0 Å². The molecule has 0 atom stereocenters. The Morgan fingerprint density at radius 2 is 2.00 bits per heavy atom. The van der Waals surface area contributed by atoms with Crippen molar-refractivity contribution in [3.63, 3.8) is 0 Å². The van der Waals surface area contributed by atoms with Gasteiger partial charge in [-0.1, -0.05) is 24.6 Å². The normalized spacial score (nSPS) is 13.0. The summed E-state index contributed by atoms with van der Waals surface area (Å²) >= 11 is 0. The summed E-state index contributed by atoms with van der Waals surface area (Å²) in [6.07, 6.45) is 5.08. The molecule has 0 aromatic heterocycles. The van der Waals surface area contributed by atoms with Crippen molar-refractivity contribution in [2.75, 3.05) is 7.05 Å². The molecule has 0 heterocycles. The first-order chi connectivity index (χ1) is 5.63. The van der Waals surface area contributed by atoms with E-state index in [4.69, 9.17) is 0 Å². The molecule has 12 heavy (non-hydrogen) atoms. The van der Waals surface area contributed by atoms with Gasteiger partial charge in [-0.05, 0) is 38.1 Å². The maximum Gasteiger partial charge on any atom is 0.00277 e. The Labute approximate surface area is 75.9 Å². The molecular weight excluding hydrogens is 146 g/mol. The zero-order valence-electron chi connectivity index (χ0n) is 8.57. The van der Waals surface area contributed by atoms with Crippen LogP contribution in [0, 0.1) is 0 Å². The highest BCUT2D eigenvalue weighted by Gasteiger charge is 1.96. The van der Waals surface area contributed by atoms with Crippen LogP contribution in [0.3, 0.4) is 0 Å². The standard InChI is InChI=1S/C11H19N/c1-6-10(4)11(9(2)3)7-8-12-5/h7-8,12H,2,6H2,1,3-5H3/b8-7-,11-10+. The molecule has 1 nitrogen and oxygen atoms in total. The maximum atomic E-state index is 3.94. The predicted molar refractivity (Wildman–Crippen MR) is 56.0 cm³/mol. The SMILES string of the molecule is C=C(C)C(/C=C\NC)=C(\C)CC. The van der Waals surface area contributed by atoms with Crippen molar-refractivity contribution >= 4 is 0 Å². The average Bonchev–Trinajstić information content (AvgIpc) is 2.04. The van der Waals surface area contributed by atoms with Crippen LogP contribution in [0.1, 0.15) is 27.2 Å². The summed E-state index contributed by atoms with van der Waals surface area (Å²) < 4.78 is 0. The van der Waals surface area contributed by atoms with E-state index in [1.807, 2.05) is 20.2 Å². The summed E-state index contributed by atoms with van der Waals surface area (Å²) in [5.74, 6) is 0. The van der Waals surface area contributed by atoms with Gasteiger partial charge in [0, 0.05) is 7.05 Å². The predicted octanol–water partition coefficient (Wildman–Crippen LogP) is 3.02. The molecule has 0 aliphatic rings. The number of rotatable bonds is 4. The smallest absolute Gasteiger partial charge is 0.00277 e. The first-order valence-electron chi connectivity index (χ1n) is 4.32. The molecule has 0 aliphatic heterocycles. The third-order valence-corrected chi connectivity index (χ3v) is 1.87. The number of nitrogens with one attached hydrogen (secondary N) is 1. The van der Waals surface area contributed by atoms with Gasteiger partial charge in [0.2, 0.25) is 0 Å². The first kappa shape index (κ1) is 11.0. The molecule has 0 radical (unpaired) electrons. The van der Waals surface area contributed by atoms with Crippen LogP contribution < -0.4 is 5.32 Å². The van der Waals surface area contributed by atoms with Gasteiger partial charge in [-0.15, -0.1) is 0 Å². The second kappa shape index (κ2) is 5.64. The van der Waals surface area contributed by atoms with E-state index >= 15 is 0 Å². The zero-order valence-corrected chi connectivity index (χ0v) is 8.57. The summed E-state index contributed by atoms with van der Waals surface area (Å²) in [5.41, 5.74) is 3.77. The van der Waals surface area contributed by atoms with Crippen LogP contribution >= 0.6 is 0 Å². The van der Waals surface area contributed by atoms with Gasteiger partial charge in [-0.3, -0.25) is 0 Å². The van der Waals surface area contributed by atoms with E-state index in [2.05, 4.69) is 31.8 Å². The van der Waals surface area contributed by atoms with Crippen molar-refractivity contribution in [3.05, 3.63) is 35.6 Å².